The van der Waals surface area contributed by atoms with E-state index in [-0.39, 0.29) is 5.69 Å². The molecule has 0 saturated carbocycles. The molecule has 0 aliphatic carbocycles. The molecule has 3 nitrogen and oxygen atoms in total. The Hall–Kier alpha value is -1.27. The number of halogens is 4. The third kappa shape index (κ3) is 2.37. The fourth-order valence-corrected chi connectivity index (χ4v) is 1.74. The minimum atomic E-state index is -4.39. The zero-order chi connectivity index (χ0) is 12.6. The molecule has 92 valence electrons. The summed E-state index contributed by atoms with van der Waals surface area (Å²) in [5.41, 5.74) is 5.46. The van der Waals surface area contributed by atoms with Gasteiger partial charge in [0.05, 0.1) is 10.7 Å². The summed E-state index contributed by atoms with van der Waals surface area (Å²) < 4.78 is 39.4. The lowest BCUT2D eigenvalue weighted by atomic mass is 10.1. The molecule has 2 heterocycles. The Kier molecular flexibility index (Phi) is 3.01. The van der Waals surface area contributed by atoms with Crippen LogP contribution in [-0.4, -0.2) is 22.1 Å². The van der Waals surface area contributed by atoms with Crippen molar-refractivity contribution in [1.29, 1.82) is 0 Å². The molecule has 0 aromatic carbocycles. The van der Waals surface area contributed by atoms with Crippen molar-refractivity contribution in [2.24, 2.45) is 5.73 Å². The number of imidazole rings is 1. The van der Waals surface area contributed by atoms with Crippen molar-refractivity contribution in [3.8, 4) is 0 Å². The predicted molar refractivity (Wildman–Crippen MR) is 58.1 cm³/mol. The first kappa shape index (κ1) is 12.2. The van der Waals surface area contributed by atoms with Crippen molar-refractivity contribution < 1.29 is 13.2 Å². The Balaban J connectivity index is 2.48. The van der Waals surface area contributed by atoms with Gasteiger partial charge in [-0.3, -0.25) is 0 Å². The molecular weight excluding hydrogens is 255 g/mol. The van der Waals surface area contributed by atoms with E-state index < -0.39 is 18.6 Å². The molecule has 1 unspecified atom stereocenters. The van der Waals surface area contributed by atoms with Crippen LogP contribution >= 0.6 is 11.6 Å². The molecule has 0 saturated heterocycles. The van der Waals surface area contributed by atoms with Crippen molar-refractivity contribution >= 4 is 17.2 Å². The van der Waals surface area contributed by atoms with Gasteiger partial charge in [0.15, 0.2) is 0 Å². The average Bonchev–Trinajstić information content (AvgIpc) is 2.58. The van der Waals surface area contributed by atoms with Crippen LogP contribution in [0, 0.1) is 0 Å². The Morgan fingerprint density at radius 3 is 2.65 bits per heavy atom. The molecule has 0 amide bonds. The number of rotatable bonds is 2. The van der Waals surface area contributed by atoms with Crippen molar-refractivity contribution in [3.05, 3.63) is 35.2 Å². The summed E-state index contributed by atoms with van der Waals surface area (Å²) in [4.78, 5) is 3.90. The lowest BCUT2D eigenvalue weighted by Crippen LogP contribution is -2.28. The predicted octanol–water partition coefficient (Wildman–Crippen LogP) is 2.59. The smallest absolute Gasteiger partial charge is 0.329 e. The molecule has 0 fully saturated rings. The Bertz CT molecular complexity index is 535. The third-order valence-corrected chi connectivity index (χ3v) is 2.65. The second kappa shape index (κ2) is 4.19. The van der Waals surface area contributed by atoms with Crippen LogP contribution in [0.3, 0.4) is 0 Å². The van der Waals surface area contributed by atoms with Gasteiger partial charge in [-0.15, -0.1) is 0 Å². The summed E-state index contributed by atoms with van der Waals surface area (Å²) in [6.07, 6.45) is -1.60. The van der Waals surface area contributed by atoms with E-state index in [1.807, 2.05) is 0 Å². The van der Waals surface area contributed by atoms with Crippen LogP contribution in [0.1, 0.15) is 11.6 Å². The van der Waals surface area contributed by atoms with Crippen LogP contribution in [0.5, 0.6) is 0 Å². The summed E-state index contributed by atoms with van der Waals surface area (Å²) in [6, 6.07) is 3.12. The monoisotopic (exact) mass is 263 g/mol. The quantitative estimate of drug-likeness (QED) is 0.905. The Morgan fingerprint density at radius 2 is 2.06 bits per heavy atom. The van der Waals surface area contributed by atoms with E-state index in [2.05, 4.69) is 4.98 Å². The minimum absolute atomic E-state index is 0.0951. The van der Waals surface area contributed by atoms with Crippen LogP contribution in [0.25, 0.3) is 5.65 Å². The van der Waals surface area contributed by atoms with Gasteiger partial charge in [0.1, 0.15) is 11.6 Å². The highest BCUT2D eigenvalue weighted by atomic mass is 35.5. The van der Waals surface area contributed by atoms with E-state index >= 15 is 0 Å². The number of alkyl halides is 3. The SMILES string of the molecule is NCC(c1cn2cc(Cl)ccc2n1)C(F)(F)F. The molecule has 2 aromatic rings. The molecule has 2 aromatic heterocycles. The van der Waals surface area contributed by atoms with Gasteiger partial charge >= 0.3 is 6.18 Å². The van der Waals surface area contributed by atoms with Gasteiger partial charge in [-0.05, 0) is 12.1 Å². The van der Waals surface area contributed by atoms with Crippen LogP contribution in [0.2, 0.25) is 5.02 Å². The maximum Gasteiger partial charge on any atom is 0.398 e. The maximum atomic E-state index is 12.7. The first-order chi connectivity index (χ1) is 7.91. The fourth-order valence-electron chi connectivity index (χ4n) is 1.57. The summed E-state index contributed by atoms with van der Waals surface area (Å²) in [6.45, 7) is -0.527. The number of aromatic nitrogens is 2. The van der Waals surface area contributed by atoms with Gasteiger partial charge in [-0.25, -0.2) is 4.98 Å². The number of pyridine rings is 1. The largest absolute Gasteiger partial charge is 0.398 e. The van der Waals surface area contributed by atoms with Gasteiger partial charge in [-0.1, -0.05) is 11.6 Å². The van der Waals surface area contributed by atoms with E-state index in [0.717, 1.165) is 0 Å². The standard InChI is InChI=1S/C10H9ClF3N3/c11-6-1-2-9-16-8(5-17(9)4-6)7(3-15)10(12,13)14/h1-2,4-5,7H,3,15H2. The van der Waals surface area contributed by atoms with Crippen LogP contribution < -0.4 is 5.73 Å². The van der Waals surface area contributed by atoms with Crippen molar-refractivity contribution in [3.63, 3.8) is 0 Å². The summed E-state index contributed by atoms with van der Waals surface area (Å²) >= 11 is 5.74. The van der Waals surface area contributed by atoms with E-state index in [1.54, 1.807) is 12.1 Å². The topological polar surface area (TPSA) is 43.3 Å². The Morgan fingerprint density at radius 1 is 1.35 bits per heavy atom. The molecule has 0 bridgehead atoms. The van der Waals surface area contributed by atoms with Crippen molar-refractivity contribution in [1.82, 2.24) is 9.38 Å². The second-order valence-electron chi connectivity index (χ2n) is 3.61. The average molecular weight is 264 g/mol. The number of nitrogens with zero attached hydrogens (tertiary/aromatic N) is 2. The number of hydrogen-bond acceptors (Lipinski definition) is 2. The van der Waals surface area contributed by atoms with Crippen molar-refractivity contribution in [2.45, 2.75) is 12.1 Å². The first-order valence-corrected chi connectivity index (χ1v) is 5.20. The van der Waals surface area contributed by atoms with E-state index in [0.29, 0.717) is 10.7 Å². The zero-order valence-corrected chi connectivity index (χ0v) is 9.33. The number of fused-ring (bicyclic) bond motifs is 1. The molecule has 2 N–H and O–H groups in total. The Labute approximate surface area is 100 Å². The highest BCUT2D eigenvalue weighted by molar-refractivity contribution is 6.30. The summed E-state index contributed by atoms with van der Waals surface area (Å²) in [5.74, 6) is -1.75. The molecule has 17 heavy (non-hydrogen) atoms. The number of nitrogens with two attached hydrogens (primary N) is 1. The molecule has 0 aliphatic rings. The molecular formula is C10H9ClF3N3. The van der Waals surface area contributed by atoms with E-state index in [9.17, 15) is 13.2 Å². The molecule has 2 rings (SSSR count). The summed E-state index contributed by atoms with van der Waals surface area (Å²) in [7, 11) is 0. The van der Waals surface area contributed by atoms with Gasteiger partial charge in [0.25, 0.3) is 0 Å². The minimum Gasteiger partial charge on any atom is -0.329 e. The van der Waals surface area contributed by atoms with Gasteiger partial charge in [0, 0.05) is 18.9 Å². The van der Waals surface area contributed by atoms with E-state index in [4.69, 9.17) is 17.3 Å². The third-order valence-electron chi connectivity index (χ3n) is 2.42. The van der Waals surface area contributed by atoms with Gasteiger partial charge in [0.2, 0.25) is 0 Å². The lowest BCUT2D eigenvalue weighted by Gasteiger charge is -2.15. The first-order valence-electron chi connectivity index (χ1n) is 4.83. The molecule has 0 radical (unpaired) electrons. The lowest BCUT2D eigenvalue weighted by molar-refractivity contribution is -0.148. The second-order valence-corrected chi connectivity index (χ2v) is 4.04. The highest BCUT2D eigenvalue weighted by Crippen LogP contribution is 2.33. The normalized spacial score (nSPS) is 14.2. The van der Waals surface area contributed by atoms with Crippen LogP contribution in [-0.2, 0) is 0 Å². The zero-order valence-electron chi connectivity index (χ0n) is 8.58. The highest BCUT2D eigenvalue weighted by Gasteiger charge is 2.41. The molecule has 1 atom stereocenters. The van der Waals surface area contributed by atoms with Gasteiger partial charge in [-0.2, -0.15) is 13.2 Å². The van der Waals surface area contributed by atoms with Gasteiger partial charge < -0.3 is 10.1 Å². The molecule has 0 aliphatic heterocycles. The molecule has 0 spiro atoms. The number of hydrogen-bond donors (Lipinski definition) is 1. The summed E-state index contributed by atoms with van der Waals surface area (Å²) in [5, 5.41) is 0.428. The van der Waals surface area contributed by atoms with Crippen LogP contribution in [0.4, 0.5) is 13.2 Å². The molecule has 7 heteroatoms. The van der Waals surface area contributed by atoms with Crippen molar-refractivity contribution in [2.75, 3.05) is 6.54 Å². The van der Waals surface area contributed by atoms with E-state index in [1.165, 1.54) is 16.8 Å². The maximum absolute atomic E-state index is 12.7. The fraction of sp³-hybridized carbons (Fsp3) is 0.300. The van der Waals surface area contributed by atoms with Crippen LogP contribution in [0.15, 0.2) is 24.5 Å².